The van der Waals surface area contributed by atoms with E-state index in [4.69, 9.17) is 11.0 Å². The number of anilines is 1. The monoisotopic (exact) mass is 218 g/mol. The van der Waals surface area contributed by atoms with Gasteiger partial charge in [-0.25, -0.2) is 4.98 Å². The average molecular weight is 218 g/mol. The molecule has 0 fully saturated rings. The minimum absolute atomic E-state index is 0.0668. The minimum Gasteiger partial charge on any atom is -0.389 e. The van der Waals surface area contributed by atoms with E-state index in [9.17, 15) is 0 Å². The number of hydrogen-bond acceptors (Lipinski definition) is 4. The first-order chi connectivity index (χ1) is 7.13. The van der Waals surface area contributed by atoms with Crippen LogP contribution in [0.2, 0.25) is 0 Å². The Morgan fingerprint density at radius 2 is 2.40 bits per heavy atom. The summed E-state index contributed by atoms with van der Waals surface area (Å²) < 4.78 is 0. The van der Waals surface area contributed by atoms with Crippen LogP contribution in [0, 0.1) is 18.3 Å². The molecule has 0 saturated carbocycles. The van der Waals surface area contributed by atoms with Crippen LogP contribution in [-0.4, -0.2) is 9.97 Å². The molecule has 0 radical (unpaired) electrons. The summed E-state index contributed by atoms with van der Waals surface area (Å²) >= 11 is 4.68. The molecular formula is C10H10N4S. The van der Waals surface area contributed by atoms with Gasteiger partial charge in [-0.15, -0.1) is 0 Å². The number of nitrogens with zero attached hydrogens (tertiary/aromatic N) is 2. The van der Waals surface area contributed by atoms with Crippen molar-refractivity contribution in [3.8, 4) is 6.07 Å². The lowest BCUT2D eigenvalue weighted by Gasteiger charge is -2.00. The number of aromatic nitrogens is 1. The standard InChI is InChI=1S/C10H10N4S/c1-7-2-3-9(13-5-7)14-6-8(4-11)10(12)15/h2-3,5-6H,1H3,(H2,12,15)(H,13,14)/b8-6+. The predicted molar refractivity (Wildman–Crippen MR) is 63.1 cm³/mol. The van der Waals surface area contributed by atoms with Gasteiger partial charge in [0, 0.05) is 12.4 Å². The summed E-state index contributed by atoms with van der Waals surface area (Å²) in [5.41, 5.74) is 6.61. The van der Waals surface area contributed by atoms with Crippen LogP contribution < -0.4 is 11.1 Å². The Morgan fingerprint density at radius 3 is 2.87 bits per heavy atom. The second-order valence-corrected chi connectivity index (χ2v) is 3.34. The number of nitrogens with two attached hydrogens (primary N) is 1. The van der Waals surface area contributed by atoms with E-state index in [0.717, 1.165) is 5.56 Å². The lowest BCUT2D eigenvalue weighted by molar-refractivity contribution is 1.26. The highest BCUT2D eigenvalue weighted by molar-refractivity contribution is 7.80. The van der Waals surface area contributed by atoms with Crippen LogP contribution in [0.15, 0.2) is 30.1 Å². The quantitative estimate of drug-likeness (QED) is 0.457. The number of rotatable bonds is 3. The molecule has 0 saturated heterocycles. The molecule has 5 heteroatoms. The Balaban J connectivity index is 2.76. The molecule has 15 heavy (non-hydrogen) atoms. The van der Waals surface area contributed by atoms with Gasteiger partial charge >= 0.3 is 0 Å². The molecule has 0 aliphatic carbocycles. The fraction of sp³-hybridized carbons (Fsp3) is 0.100. The Kier molecular flexibility index (Phi) is 3.77. The third-order valence-electron chi connectivity index (χ3n) is 1.66. The molecule has 1 aromatic rings. The molecule has 76 valence electrons. The van der Waals surface area contributed by atoms with E-state index in [1.165, 1.54) is 6.20 Å². The van der Waals surface area contributed by atoms with Crippen LogP contribution >= 0.6 is 12.2 Å². The van der Waals surface area contributed by atoms with Crippen LogP contribution in [0.1, 0.15) is 5.56 Å². The van der Waals surface area contributed by atoms with Crippen LogP contribution in [0.4, 0.5) is 5.82 Å². The first-order valence-electron chi connectivity index (χ1n) is 4.22. The SMILES string of the molecule is Cc1ccc(N/C=C(\C#N)C(N)=S)nc1. The normalized spacial score (nSPS) is 10.5. The van der Waals surface area contributed by atoms with Crippen LogP contribution in [0.3, 0.4) is 0 Å². The Morgan fingerprint density at radius 1 is 1.67 bits per heavy atom. The van der Waals surface area contributed by atoms with E-state index in [1.807, 2.05) is 19.1 Å². The van der Waals surface area contributed by atoms with Crippen molar-refractivity contribution in [1.82, 2.24) is 4.98 Å². The molecule has 0 spiro atoms. The number of aryl methyl sites for hydroxylation is 1. The fourth-order valence-electron chi connectivity index (χ4n) is 0.858. The smallest absolute Gasteiger partial charge is 0.129 e. The molecule has 3 N–H and O–H groups in total. The van der Waals surface area contributed by atoms with Gasteiger partial charge in [0.1, 0.15) is 22.4 Å². The topological polar surface area (TPSA) is 74.7 Å². The van der Waals surface area contributed by atoms with Crippen molar-refractivity contribution in [2.24, 2.45) is 5.73 Å². The van der Waals surface area contributed by atoms with Gasteiger partial charge in [0.25, 0.3) is 0 Å². The molecule has 0 atom stereocenters. The summed E-state index contributed by atoms with van der Waals surface area (Å²) in [5.74, 6) is 0.643. The number of thiocarbonyl (C=S) groups is 1. The third kappa shape index (κ3) is 3.37. The Labute approximate surface area is 93.4 Å². The second kappa shape index (κ2) is 5.08. The zero-order valence-electron chi connectivity index (χ0n) is 8.19. The molecule has 1 aromatic heterocycles. The van der Waals surface area contributed by atoms with Crippen molar-refractivity contribution in [3.63, 3.8) is 0 Å². The molecule has 1 rings (SSSR count). The van der Waals surface area contributed by atoms with Gasteiger partial charge in [0.05, 0.1) is 0 Å². The summed E-state index contributed by atoms with van der Waals surface area (Å²) in [7, 11) is 0. The van der Waals surface area contributed by atoms with Gasteiger partial charge < -0.3 is 11.1 Å². The predicted octanol–water partition coefficient (Wildman–Crippen LogP) is 1.50. The fourth-order valence-corrected chi connectivity index (χ4v) is 0.962. The van der Waals surface area contributed by atoms with E-state index >= 15 is 0 Å². The number of nitriles is 1. The van der Waals surface area contributed by atoms with Crippen molar-refractivity contribution in [2.45, 2.75) is 6.92 Å². The molecule has 0 bridgehead atoms. The van der Waals surface area contributed by atoms with Crippen molar-refractivity contribution in [1.29, 1.82) is 5.26 Å². The molecule has 4 nitrogen and oxygen atoms in total. The molecule has 1 heterocycles. The highest BCUT2D eigenvalue weighted by Gasteiger charge is 1.98. The zero-order chi connectivity index (χ0) is 11.3. The Bertz CT molecular complexity index is 428. The first-order valence-corrected chi connectivity index (χ1v) is 4.63. The first kappa shape index (κ1) is 11.1. The van der Waals surface area contributed by atoms with Crippen LogP contribution in [-0.2, 0) is 0 Å². The highest BCUT2D eigenvalue weighted by atomic mass is 32.1. The van der Waals surface area contributed by atoms with Crippen LogP contribution in [0.25, 0.3) is 0 Å². The summed E-state index contributed by atoms with van der Waals surface area (Å²) in [6.45, 7) is 1.95. The second-order valence-electron chi connectivity index (χ2n) is 2.90. The van der Waals surface area contributed by atoms with E-state index < -0.39 is 0 Å². The van der Waals surface area contributed by atoms with E-state index in [1.54, 1.807) is 12.3 Å². The van der Waals surface area contributed by atoms with E-state index in [-0.39, 0.29) is 10.6 Å². The zero-order valence-corrected chi connectivity index (χ0v) is 9.01. The minimum atomic E-state index is 0.0668. The average Bonchev–Trinajstić information content (AvgIpc) is 2.21. The van der Waals surface area contributed by atoms with Crippen molar-refractivity contribution >= 4 is 23.0 Å². The van der Waals surface area contributed by atoms with Gasteiger partial charge in [-0.2, -0.15) is 5.26 Å². The Hall–Kier alpha value is -1.93. The highest BCUT2D eigenvalue weighted by Crippen LogP contribution is 2.04. The van der Waals surface area contributed by atoms with E-state index in [2.05, 4.69) is 22.5 Å². The van der Waals surface area contributed by atoms with Gasteiger partial charge in [0.15, 0.2) is 0 Å². The molecule has 0 unspecified atom stereocenters. The number of pyridine rings is 1. The van der Waals surface area contributed by atoms with Crippen molar-refractivity contribution in [3.05, 3.63) is 35.7 Å². The van der Waals surface area contributed by atoms with Crippen LogP contribution in [0.5, 0.6) is 0 Å². The summed E-state index contributed by atoms with van der Waals surface area (Å²) in [6, 6.07) is 5.61. The lowest BCUT2D eigenvalue weighted by atomic mass is 10.3. The maximum Gasteiger partial charge on any atom is 0.129 e. The summed E-state index contributed by atoms with van der Waals surface area (Å²) in [5, 5.41) is 11.5. The van der Waals surface area contributed by atoms with Crippen molar-refractivity contribution < 1.29 is 0 Å². The van der Waals surface area contributed by atoms with Gasteiger partial charge in [-0.3, -0.25) is 0 Å². The number of nitrogens with one attached hydrogen (secondary N) is 1. The van der Waals surface area contributed by atoms with Gasteiger partial charge in [-0.1, -0.05) is 18.3 Å². The summed E-state index contributed by atoms with van der Waals surface area (Å²) in [4.78, 5) is 4.16. The lowest BCUT2D eigenvalue weighted by Crippen LogP contribution is -2.11. The number of hydrogen-bond donors (Lipinski definition) is 2. The molecule has 0 aromatic carbocycles. The van der Waals surface area contributed by atoms with Gasteiger partial charge in [-0.05, 0) is 18.6 Å². The molecule has 0 aliphatic heterocycles. The van der Waals surface area contributed by atoms with E-state index in [0.29, 0.717) is 5.82 Å². The molecule has 0 aliphatic rings. The maximum atomic E-state index is 8.67. The third-order valence-corrected chi connectivity index (χ3v) is 1.88. The maximum absolute atomic E-state index is 8.67. The largest absolute Gasteiger partial charge is 0.389 e. The molecule has 0 amide bonds. The summed E-state index contributed by atoms with van der Waals surface area (Å²) in [6.07, 6.45) is 3.17. The van der Waals surface area contributed by atoms with Gasteiger partial charge in [0.2, 0.25) is 0 Å². The van der Waals surface area contributed by atoms with Crippen molar-refractivity contribution in [2.75, 3.05) is 5.32 Å². The molecular weight excluding hydrogens is 208 g/mol.